The van der Waals surface area contributed by atoms with Crippen molar-refractivity contribution in [1.82, 2.24) is 14.8 Å². The van der Waals surface area contributed by atoms with Crippen LogP contribution in [0.15, 0.2) is 52.6 Å². The third-order valence-corrected chi connectivity index (χ3v) is 5.46. The van der Waals surface area contributed by atoms with Gasteiger partial charge in [-0.2, -0.15) is 0 Å². The number of amides is 1. The van der Waals surface area contributed by atoms with Crippen LogP contribution in [0, 0.1) is 0 Å². The number of thiophene rings is 1. The van der Waals surface area contributed by atoms with Gasteiger partial charge in [0.15, 0.2) is 0 Å². The molecule has 0 spiro atoms. The molecule has 0 saturated carbocycles. The summed E-state index contributed by atoms with van der Waals surface area (Å²) >= 11 is 1.76. The number of nitrogens with zero attached hydrogens (tertiary/aromatic N) is 2. The first-order chi connectivity index (χ1) is 12.2. The second kappa shape index (κ2) is 6.82. The van der Waals surface area contributed by atoms with E-state index in [0.717, 1.165) is 30.5 Å². The maximum Gasteiger partial charge on any atom is 0.261 e. The standard InChI is InChI=1S/C19H19N3O2S/c23-18-16(12-14-4-1-2-6-17(14)20-18)19(24)22-9-7-21(8-10-22)13-15-5-3-11-25-15/h1-6,11-12H,7-10,13H2,(H,20,23). The lowest BCUT2D eigenvalue weighted by molar-refractivity contribution is 0.0628. The van der Waals surface area contributed by atoms with E-state index in [2.05, 4.69) is 27.4 Å². The Morgan fingerprint density at radius 1 is 1.08 bits per heavy atom. The van der Waals surface area contributed by atoms with Crippen molar-refractivity contribution in [3.63, 3.8) is 0 Å². The molecule has 1 saturated heterocycles. The molecule has 3 aromatic rings. The monoisotopic (exact) mass is 353 g/mol. The number of fused-ring (bicyclic) bond motifs is 1. The average Bonchev–Trinajstić information content (AvgIpc) is 3.14. The fourth-order valence-electron chi connectivity index (χ4n) is 3.21. The van der Waals surface area contributed by atoms with Gasteiger partial charge in [0.1, 0.15) is 5.56 Å². The lowest BCUT2D eigenvalue weighted by Crippen LogP contribution is -2.49. The second-order valence-electron chi connectivity index (χ2n) is 6.25. The molecule has 4 rings (SSSR count). The Morgan fingerprint density at radius 3 is 2.64 bits per heavy atom. The van der Waals surface area contributed by atoms with E-state index in [-0.39, 0.29) is 17.0 Å². The molecule has 0 bridgehead atoms. The summed E-state index contributed by atoms with van der Waals surface area (Å²) in [6, 6.07) is 13.4. The number of benzene rings is 1. The number of hydrogen-bond acceptors (Lipinski definition) is 4. The van der Waals surface area contributed by atoms with Crippen LogP contribution in [-0.2, 0) is 6.54 Å². The van der Waals surface area contributed by atoms with E-state index in [9.17, 15) is 9.59 Å². The summed E-state index contributed by atoms with van der Waals surface area (Å²) in [4.78, 5) is 33.3. The van der Waals surface area contributed by atoms with E-state index in [1.54, 1.807) is 22.3 Å². The van der Waals surface area contributed by atoms with Gasteiger partial charge >= 0.3 is 0 Å². The van der Waals surface area contributed by atoms with E-state index in [1.807, 2.05) is 24.3 Å². The van der Waals surface area contributed by atoms with Crippen molar-refractivity contribution in [2.75, 3.05) is 26.2 Å². The zero-order valence-corrected chi connectivity index (χ0v) is 14.6. The first-order valence-electron chi connectivity index (χ1n) is 8.37. The quantitative estimate of drug-likeness (QED) is 0.787. The number of carbonyl (C=O) groups excluding carboxylic acids is 1. The van der Waals surface area contributed by atoms with Crippen molar-refractivity contribution >= 4 is 28.1 Å². The predicted octanol–water partition coefficient (Wildman–Crippen LogP) is 2.55. The van der Waals surface area contributed by atoms with Crippen molar-refractivity contribution in [2.24, 2.45) is 0 Å². The molecule has 1 fully saturated rings. The molecule has 0 radical (unpaired) electrons. The fraction of sp³-hybridized carbons (Fsp3) is 0.263. The van der Waals surface area contributed by atoms with E-state index < -0.39 is 0 Å². The number of hydrogen-bond donors (Lipinski definition) is 1. The van der Waals surface area contributed by atoms with Gasteiger partial charge < -0.3 is 9.88 Å². The van der Waals surface area contributed by atoms with Gasteiger partial charge in [-0.05, 0) is 29.0 Å². The Labute approximate surface area is 149 Å². The zero-order valence-electron chi connectivity index (χ0n) is 13.8. The summed E-state index contributed by atoms with van der Waals surface area (Å²) in [6.07, 6.45) is 0. The van der Waals surface area contributed by atoms with Crippen LogP contribution in [0.1, 0.15) is 15.2 Å². The number of rotatable bonds is 3. The highest BCUT2D eigenvalue weighted by atomic mass is 32.1. The fourth-order valence-corrected chi connectivity index (χ4v) is 3.95. The van der Waals surface area contributed by atoms with Crippen molar-refractivity contribution < 1.29 is 4.79 Å². The zero-order chi connectivity index (χ0) is 17.2. The van der Waals surface area contributed by atoms with Gasteiger partial charge in [0, 0.05) is 43.1 Å². The molecule has 5 nitrogen and oxygen atoms in total. The highest BCUT2D eigenvalue weighted by molar-refractivity contribution is 7.09. The van der Waals surface area contributed by atoms with Crippen LogP contribution in [0.25, 0.3) is 10.9 Å². The topological polar surface area (TPSA) is 56.4 Å². The molecule has 6 heteroatoms. The summed E-state index contributed by atoms with van der Waals surface area (Å²) in [6.45, 7) is 3.88. The predicted molar refractivity (Wildman–Crippen MR) is 100 cm³/mol. The smallest absolute Gasteiger partial charge is 0.261 e. The van der Waals surface area contributed by atoms with E-state index >= 15 is 0 Å². The van der Waals surface area contributed by atoms with Crippen molar-refractivity contribution in [1.29, 1.82) is 0 Å². The average molecular weight is 353 g/mol. The van der Waals surface area contributed by atoms with Crippen LogP contribution >= 0.6 is 11.3 Å². The molecule has 1 amide bonds. The van der Waals surface area contributed by atoms with Crippen LogP contribution in [0.5, 0.6) is 0 Å². The highest BCUT2D eigenvalue weighted by Crippen LogP contribution is 2.15. The number of aromatic nitrogens is 1. The molecule has 1 aromatic carbocycles. The number of carbonyl (C=O) groups is 1. The number of pyridine rings is 1. The first-order valence-corrected chi connectivity index (χ1v) is 9.25. The number of para-hydroxylation sites is 1. The first kappa shape index (κ1) is 16.1. The van der Waals surface area contributed by atoms with Gasteiger partial charge in [0.25, 0.3) is 11.5 Å². The SMILES string of the molecule is O=C(c1cc2ccccc2[nH]c1=O)N1CCN(Cc2cccs2)CC1. The van der Waals surface area contributed by atoms with Crippen LogP contribution in [-0.4, -0.2) is 46.9 Å². The second-order valence-corrected chi connectivity index (χ2v) is 7.28. The molecular formula is C19H19N3O2S. The molecule has 128 valence electrons. The largest absolute Gasteiger partial charge is 0.336 e. The molecule has 0 aliphatic carbocycles. The third kappa shape index (κ3) is 3.36. The lowest BCUT2D eigenvalue weighted by atomic mass is 10.1. The van der Waals surface area contributed by atoms with Gasteiger partial charge in [-0.1, -0.05) is 24.3 Å². The van der Waals surface area contributed by atoms with Crippen LogP contribution in [0.3, 0.4) is 0 Å². The molecule has 2 aromatic heterocycles. The normalized spacial score (nSPS) is 15.6. The van der Waals surface area contributed by atoms with Gasteiger partial charge in [0.2, 0.25) is 0 Å². The summed E-state index contributed by atoms with van der Waals surface area (Å²) < 4.78 is 0. The number of H-pyrrole nitrogens is 1. The summed E-state index contributed by atoms with van der Waals surface area (Å²) in [5, 5.41) is 2.96. The lowest BCUT2D eigenvalue weighted by Gasteiger charge is -2.34. The molecule has 25 heavy (non-hydrogen) atoms. The van der Waals surface area contributed by atoms with Crippen molar-refractivity contribution in [2.45, 2.75) is 6.54 Å². The van der Waals surface area contributed by atoms with Crippen LogP contribution in [0.4, 0.5) is 0 Å². The van der Waals surface area contributed by atoms with Gasteiger partial charge in [-0.15, -0.1) is 11.3 Å². The number of nitrogens with one attached hydrogen (secondary N) is 1. The molecule has 0 atom stereocenters. The Kier molecular flexibility index (Phi) is 4.38. The summed E-state index contributed by atoms with van der Waals surface area (Å²) in [5.41, 5.74) is 0.667. The van der Waals surface area contributed by atoms with E-state index in [4.69, 9.17) is 0 Å². The number of aromatic amines is 1. The van der Waals surface area contributed by atoms with Gasteiger partial charge in [0.05, 0.1) is 0 Å². The van der Waals surface area contributed by atoms with Crippen LogP contribution in [0.2, 0.25) is 0 Å². The van der Waals surface area contributed by atoms with E-state index in [0.29, 0.717) is 13.1 Å². The minimum absolute atomic E-state index is 0.178. The van der Waals surface area contributed by atoms with Gasteiger partial charge in [-0.25, -0.2) is 0 Å². The molecule has 0 unspecified atom stereocenters. The van der Waals surface area contributed by atoms with E-state index in [1.165, 1.54) is 4.88 Å². The summed E-state index contributed by atoms with van der Waals surface area (Å²) in [7, 11) is 0. The van der Waals surface area contributed by atoms with Gasteiger partial charge in [-0.3, -0.25) is 14.5 Å². The third-order valence-electron chi connectivity index (χ3n) is 4.60. The Bertz CT molecular complexity index is 941. The minimum atomic E-state index is -0.315. The molecule has 1 aliphatic heterocycles. The van der Waals surface area contributed by atoms with Crippen molar-refractivity contribution in [3.05, 3.63) is 68.6 Å². The Hall–Kier alpha value is -2.44. The highest BCUT2D eigenvalue weighted by Gasteiger charge is 2.24. The Morgan fingerprint density at radius 2 is 1.88 bits per heavy atom. The summed E-state index contributed by atoms with van der Waals surface area (Å²) in [5.74, 6) is -0.178. The minimum Gasteiger partial charge on any atom is -0.336 e. The molecule has 1 N–H and O–H groups in total. The number of piperazine rings is 1. The maximum atomic E-state index is 12.8. The van der Waals surface area contributed by atoms with Crippen LogP contribution < -0.4 is 5.56 Å². The Balaban J connectivity index is 1.47. The van der Waals surface area contributed by atoms with Crippen molar-refractivity contribution in [3.8, 4) is 0 Å². The molecular weight excluding hydrogens is 334 g/mol. The maximum absolute atomic E-state index is 12.8. The molecule has 1 aliphatic rings. The molecule has 3 heterocycles.